The van der Waals surface area contributed by atoms with Crippen LogP contribution >= 0.6 is 11.6 Å². The first-order chi connectivity index (χ1) is 6.38. The van der Waals surface area contributed by atoms with Gasteiger partial charge in [-0.2, -0.15) is 13.2 Å². The Bertz CT molecular complexity index is 351. The van der Waals surface area contributed by atoms with Gasteiger partial charge < -0.3 is 10.5 Å². The Balaban J connectivity index is 3.39. The van der Waals surface area contributed by atoms with E-state index in [9.17, 15) is 13.2 Å². The Morgan fingerprint density at radius 3 is 2.36 bits per heavy atom. The molecule has 0 unspecified atom stereocenters. The molecule has 2 nitrogen and oxygen atoms in total. The van der Waals surface area contributed by atoms with Crippen molar-refractivity contribution in [3.05, 3.63) is 22.7 Å². The topological polar surface area (TPSA) is 35.2 Å². The number of nitrogen functional groups attached to an aromatic ring is 1. The molecule has 1 aromatic carbocycles. The molecule has 0 bridgehead atoms. The van der Waals surface area contributed by atoms with E-state index in [0.29, 0.717) is 0 Å². The summed E-state index contributed by atoms with van der Waals surface area (Å²) in [7, 11) is 1.11. The zero-order valence-corrected chi connectivity index (χ0v) is 7.91. The number of nitrogens with two attached hydrogens (primary N) is 1. The number of methoxy groups -OCH3 is 1. The molecule has 0 saturated carbocycles. The summed E-state index contributed by atoms with van der Waals surface area (Å²) < 4.78 is 41.7. The van der Waals surface area contributed by atoms with Gasteiger partial charge in [0.25, 0.3) is 0 Å². The summed E-state index contributed by atoms with van der Waals surface area (Å²) in [5, 5.41) is 0.0369. The lowest BCUT2D eigenvalue weighted by atomic mass is 10.1. The smallest absolute Gasteiger partial charge is 0.420 e. The van der Waals surface area contributed by atoms with E-state index in [1.165, 1.54) is 0 Å². The van der Waals surface area contributed by atoms with E-state index in [0.717, 1.165) is 19.2 Å². The van der Waals surface area contributed by atoms with E-state index in [2.05, 4.69) is 4.74 Å². The number of ether oxygens (including phenoxy) is 1. The summed E-state index contributed by atoms with van der Waals surface area (Å²) in [4.78, 5) is 0. The number of alkyl halides is 3. The van der Waals surface area contributed by atoms with Crippen LogP contribution in [0.3, 0.4) is 0 Å². The number of halogens is 4. The molecule has 0 amide bonds. The van der Waals surface area contributed by atoms with Crippen molar-refractivity contribution in [3.8, 4) is 5.75 Å². The third kappa shape index (κ3) is 1.87. The van der Waals surface area contributed by atoms with Crippen LogP contribution in [-0.4, -0.2) is 7.11 Å². The highest BCUT2D eigenvalue weighted by Crippen LogP contribution is 2.41. The lowest BCUT2D eigenvalue weighted by Gasteiger charge is -2.14. The maximum Gasteiger partial charge on any atom is 0.420 e. The van der Waals surface area contributed by atoms with Crippen LogP contribution in [-0.2, 0) is 6.18 Å². The second-order valence-electron chi connectivity index (χ2n) is 2.54. The molecule has 0 heterocycles. The molecular weight excluding hydrogens is 219 g/mol. The number of rotatable bonds is 1. The van der Waals surface area contributed by atoms with Gasteiger partial charge in [0.2, 0.25) is 0 Å². The van der Waals surface area contributed by atoms with Gasteiger partial charge in [0.05, 0.1) is 23.4 Å². The van der Waals surface area contributed by atoms with Gasteiger partial charge in [-0.15, -0.1) is 0 Å². The Kier molecular flexibility index (Phi) is 2.80. The van der Waals surface area contributed by atoms with Gasteiger partial charge in [-0.1, -0.05) is 11.6 Å². The van der Waals surface area contributed by atoms with Gasteiger partial charge in [0.15, 0.2) is 5.75 Å². The second-order valence-corrected chi connectivity index (χ2v) is 2.95. The molecule has 0 aliphatic carbocycles. The number of benzene rings is 1. The van der Waals surface area contributed by atoms with Crippen molar-refractivity contribution in [2.45, 2.75) is 6.18 Å². The van der Waals surface area contributed by atoms with Gasteiger partial charge in [-0.25, -0.2) is 0 Å². The fourth-order valence-corrected chi connectivity index (χ4v) is 1.17. The fourth-order valence-electron chi connectivity index (χ4n) is 1.02. The van der Waals surface area contributed by atoms with Crippen molar-refractivity contribution >= 4 is 17.3 Å². The van der Waals surface area contributed by atoms with E-state index < -0.39 is 17.5 Å². The summed E-state index contributed by atoms with van der Waals surface area (Å²) in [6.07, 6.45) is -4.50. The molecule has 0 spiro atoms. The maximum atomic E-state index is 12.4. The average Bonchev–Trinajstić information content (AvgIpc) is 2.07. The van der Waals surface area contributed by atoms with Crippen molar-refractivity contribution < 1.29 is 17.9 Å². The van der Waals surface area contributed by atoms with E-state index in [1.54, 1.807) is 0 Å². The first kappa shape index (κ1) is 11.0. The molecule has 0 atom stereocenters. The summed E-state index contributed by atoms with van der Waals surface area (Å²) in [5.41, 5.74) is 4.20. The molecule has 0 saturated heterocycles. The van der Waals surface area contributed by atoms with E-state index in [4.69, 9.17) is 17.3 Å². The first-order valence-corrected chi connectivity index (χ1v) is 3.95. The van der Waals surface area contributed by atoms with Gasteiger partial charge in [0, 0.05) is 0 Å². The highest BCUT2D eigenvalue weighted by Gasteiger charge is 2.35. The molecule has 14 heavy (non-hydrogen) atoms. The van der Waals surface area contributed by atoms with Crippen molar-refractivity contribution in [3.63, 3.8) is 0 Å². The molecule has 1 rings (SSSR count). The molecule has 0 aliphatic heterocycles. The van der Waals surface area contributed by atoms with Crippen LogP contribution in [0.5, 0.6) is 5.75 Å². The Morgan fingerprint density at radius 2 is 1.93 bits per heavy atom. The van der Waals surface area contributed by atoms with Crippen LogP contribution < -0.4 is 10.5 Å². The third-order valence-electron chi connectivity index (χ3n) is 1.65. The van der Waals surface area contributed by atoms with Gasteiger partial charge >= 0.3 is 6.18 Å². The largest absolute Gasteiger partial charge is 0.494 e. The Labute approximate surface area is 83.4 Å². The highest BCUT2D eigenvalue weighted by molar-refractivity contribution is 6.33. The Morgan fingerprint density at radius 1 is 1.36 bits per heavy atom. The molecule has 0 aliphatic rings. The lowest BCUT2D eigenvalue weighted by Crippen LogP contribution is -2.09. The van der Waals surface area contributed by atoms with Crippen molar-refractivity contribution in [2.75, 3.05) is 12.8 Å². The molecule has 1 aromatic rings. The van der Waals surface area contributed by atoms with Crippen molar-refractivity contribution in [1.82, 2.24) is 0 Å². The molecule has 0 fully saturated rings. The van der Waals surface area contributed by atoms with E-state index >= 15 is 0 Å². The predicted molar refractivity (Wildman–Crippen MR) is 47.4 cm³/mol. The predicted octanol–water partition coefficient (Wildman–Crippen LogP) is 2.95. The molecule has 0 aromatic heterocycles. The summed E-state index contributed by atoms with van der Waals surface area (Å²) in [6.45, 7) is 0. The van der Waals surface area contributed by atoms with Crippen LogP contribution in [0.2, 0.25) is 5.02 Å². The normalized spacial score (nSPS) is 11.5. The first-order valence-electron chi connectivity index (χ1n) is 3.57. The number of hydrogen-bond donors (Lipinski definition) is 1. The molecule has 0 radical (unpaired) electrons. The minimum atomic E-state index is -4.50. The zero-order chi connectivity index (χ0) is 10.9. The average molecular weight is 226 g/mol. The van der Waals surface area contributed by atoms with Crippen LogP contribution in [0.25, 0.3) is 0 Å². The minimum Gasteiger partial charge on any atom is -0.494 e. The summed E-state index contributed by atoms with van der Waals surface area (Å²) in [6, 6.07) is 1.92. The fraction of sp³-hybridized carbons (Fsp3) is 0.250. The summed E-state index contributed by atoms with van der Waals surface area (Å²) in [5.74, 6) is -0.440. The standard InChI is InChI=1S/C8H7ClF3NO/c1-14-7-4(8(10,11)12)2-3-5(9)6(7)13/h2-3H,13H2,1H3. The van der Waals surface area contributed by atoms with Crippen LogP contribution in [0.1, 0.15) is 5.56 Å². The lowest BCUT2D eigenvalue weighted by molar-refractivity contribution is -0.138. The highest BCUT2D eigenvalue weighted by atomic mass is 35.5. The number of anilines is 1. The molecule has 2 N–H and O–H groups in total. The third-order valence-corrected chi connectivity index (χ3v) is 1.98. The maximum absolute atomic E-state index is 12.4. The summed E-state index contributed by atoms with van der Waals surface area (Å²) >= 11 is 5.54. The van der Waals surface area contributed by atoms with Crippen molar-refractivity contribution in [2.24, 2.45) is 0 Å². The quantitative estimate of drug-likeness (QED) is 0.746. The van der Waals surface area contributed by atoms with E-state index in [-0.39, 0.29) is 10.7 Å². The van der Waals surface area contributed by atoms with Crippen LogP contribution in [0.4, 0.5) is 18.9 Å². The zero-order valence-electron chi connectivity index (χ0n) is 7.15. The number of hydrogen-bond acceptors (Lipinski definition) is 2. The SMILES string of the molecule is COc1c(C(F)(F)F)ccc(Cl)c1N. The van der Waals surface area contributed by atoms with E-state index in [1.807, 2.05) is 0 Å². The van der Waals surface area contributed by atoms with Crippen LogP contribution in [0, 0.1) is 0 Å². The molecule has 78 valence electrons. The molecule has 6 heteroatoms. The van der Waals surface area contributed by atoms with Gasteiger partial charge in [-0.3, -0.25) is 0 Å². The minimum absolute atomic E-state index is 0.0369. The van der Waals surface area contributed by atoms with Gasteiger partial charge in [0.1, 0.15) is 0 Å². The second kappa shape index (κ2) is 3.57. The van der Waals surface area contributed by atoms with Crippen LogP contribution in [0.15, 0.2) is 12.1 Å². The van der Waals surface area contributed by atoms with Crippen molar-refractivity contribution in [1.29, 1.82) is 0 Å². The molecular formula is C8H7ClF3NO. The monoisotopic (exact) mass is 225 g/mol. The Hall–Kier alpha value is -1.10. The van der Waals surface area contributed by atoms with Gasteiger partial charge in [-0.05, 0) is 12.1 Å².